The van der Waals surface area contributed by atoms with Crippen molar-refractivity contribution in [3.63, 3.8) is 0 Å². The first kappa shape index (κ1) is 16.5. The van der Waals surface area contributed by atoms with Crippen LogP contribution in [-0.2, 0) is 11.3 Å². The predicted octanol–water partition coefficient (Wildman–Crippen LogP) is 2.81. The second-order valence-corrected chi connectivity index (χ2v) is 6.11. The van der Waals surface area contributed by atoms with Gasteiger partial charge in [-0.2, -0.15) is 0 Å². The van der Waals surface area contributed by atoms with Gasteiger partial charge < -0.3 is 14.3 Å². The number of likely N-dealkylation sites (N-methyl/N-ethyl adjacent to an activating group) is 1. The number of nitrogens with zero attached hydrogens (tertiary/aromatic N) is 1. The van der Waals surface area contributed by atoms with E-state index >= 15 is 0 Å². The molecular weight excluding hydrogens is 282 g/mol. The summed E-state index contributed by atoms with van der Waals surface area (Å²) in [6, 6.07) is 7.53. The molecule has 0 aliphatic rings. The van der Waals surface area contributed by atoms with E-state index in [-0.39, 0.29) is 5.76 Å². The minimum Gasteiger partial charge on any atom is -0.460 e. The summed E-state index contributed by atoms with van der Waals surface area (Å²) in [7, 11) is 1.90. The molecule has 2 rings (SSSR count). The highest BCUT2D eigenvalue weighted by atomic mass is 16.5. The van der Waals surface area contributed by atoms with Crippen LogP contribution >= 0.6 is 0 Å². The highest BCUT2D eigenvalue weighted by Gasteiger charge is 2.24. The van der Waals surface area contributed by atoms with Gasteiger partial charge in [0.15, 0.2) is 0 Å². The van der Waals surface area contributed by atoms with Crippen molar-refractivity contribution >= 4 is 16.9 Å². The third kappa shape index (κ3) is 3.87. The Labute approximate surface area is 130 Å². The summed E-state index contributed by atoms with van der Waals surface area (Å²) in [6.45, 7) is 6.55. The topological polar surface area (TPSA) is 62.9 Å². The van der Waals surface area contributed by atoms with Gasteiger partial charge in [-0.25, -0.2) is 4.79 Å². The van der Waals surface area contributed by atoms with Crippen molar-refractivity contribution in [1.29, 1.82) is 0 Å². The second-order valence-electron chi connectivity index (χ2n) is 6.11. The number of fused-ring (bicyclic) bond motifs is 1. The number of furan rings is 1. The molecule has 0 unspecified atom stereocenters. The monoisotopic (exact) mass is 305 g/mol. The molecule has 0 atom stereocenters. The third-order valence-electron chi connectivity index (χ3n) is 3.24. The molecule has 5 heteroatoms. The van der Waals surface area contributed by atoms with Gasteiger partial charge in [0.1, 0.15) is 5.58 Å². The van der Waals surface area contributed by atoms with E-state index in [2.05, 4.69) is 0 Å². The van der Waals surface area contributed by atoms with Crippen molar-refractivity contribution in [1.82, 2.24) is 4.90 Å². The molecule has 0 spiro atoms. The molecule has 0 bridgehead atoms. The van der Waals surface area contributed by atoms with Crippen molar-refractivity contribution in [3.8, 4) is 0 Å². The zero-order valence-corrected chi connectivity index (χ0v) is 13.5. The molecular formula is C17H23NO4. The molecule has 2 aromatic rings. The lowest BCUT2D eigenvalue weighted by molar-refractivity contribution is 0.0417. The number of hydrogen-bond acceptors (Lipinski definition) is 5. The zero-order valence-electron chi connectivity index (χ0n) is 13.5. The third-order valence-corrected chi connectivity index (χ3v) is 3.24. The van der Waals surface area contributed by atoms with Crippen LogP contribution in [0.2, 0.25) is 0 Å². The average Bonchev–Trinajstić information content (AvgIpc) is 2.76. The lowest BCUT2D eigenvalue weighted by atomic mass is 10.1. The van der Waals surface area contributed by atoms with Gasteiger partial charge >= 0.3 is 5.97 Å². The fourth-order valence-corrected chi connectivity index (χ4v) is 2.60. The summed E-state index contributed by atoms with van der Waals surface area (Å²) in [5.74, 6) is -0.212. The van der Waals surface area contributed by atoms with Crippen LogP contribution in [0, 0.1) is 0 Å². The predicted molar refractivity (Wildman–Crippen MR) is 84.8 cm³/mol. The Morgan fingerprint density at radius 2 is 2.05 bits per heavy atom. The molecule has 5 nitrogen and oxygen atoms in total. The summed E-state index contributed by atoms with van der Waals surface area (Å²) in [4.78, 5) is 14.1. The first-order valence-corrected chi connectivity index (χ1v) is 7.40. The number of para-hydroxylation sites is 1. The second kappa shape index (κ2) is 6.50. The number of esters is 1. The average molecular weight is 305 g/mol. The van der Waals surface area contributed by atoms with Crippen LogP contribution in [0.5, 0.6) is 0 Å². The Bertz CT molecular complexity index is 654. The first-order valence-electron chi connectivity index (χ1n) is 7.40. The Morgan fingerprint density at radius 1 is 1.36 bits per heavy atom. The Kier molecular flexibility index (Phi) is 4.88. The molecule has 0 saturated heterocycles. The van der Waals surface area contributed by atoms with Gasteiger partial charge in [-0.15, -0.1) is 0 Å². The van der Waals surface area contributed by atoms with E-state index in [1.54, 1.807) is 20.8 Å². The van der Waals surface area contributed by atoms with Gasteiger partial charge in [0, 0.05) is 24.0 Å². The number of carbonyl (C=O) groups excluding carboxylic acids is 1. The van der Waals surface area contributed by atoms with E-state index in [9.17, 15) is 9.90 Å². The van der Waals surface area contributed by atoms with Crippen molar-refractivity contribution < 1.29 is 19.1 Å². The van der Waals surface area contributed by atoms with Crippen LogP contribution < -0.4 is 0 Å². The van der Waals surface area contributed by atoms with Gasteiger partial charge in [0.05, 0.1) is 12.2 Å². The fraction of sp³-hybridized carbons (Fsp3) is 0.471. The van der Waals surface area contributed by atoms with Crippen LogP contribution in [0.4, 0.5) is 0 Å². The molecule has 0 amide bonds. The highest BCUT2D eigenvalue weighted by molar-refractivity contribution is 5.96. The summed E-state index contributed by atoms with van der Waals surface area (Å²) in [6.07, 6.45) is 0. The maximum atomic E-state index is 12.1. The molecule has 120 valence electrons. The van der Waals surface area contributed by atoms with E-state index < -0.39 is 11.6 Å². The van der Waals surface area contributed by atoms with E-state index in [0.717, 1.165) is 10.9 Å². The molecule has 0 radical (unpaired) electrons. The molecule has 0 saturated carbocycles. The van der Waals surface area contributed by atoms with Gasteiger partial charge in [-0.3, -0.25) is 4.90 Å². The number of carbonyl (C=O) groups is 1. The molecule has 0 fully saturated rings. The van der Waals surface area contributed by atoms with E-state index in [1.807, 2.05) is 36.2 Å². The van der Waals surface area contributed by atoms with Crippen LogP contribution in [-0.4, -0.2) is 41.8 Å². The molecule has 1 N–H and O–H groups in total. The SMILES string of the molecule is CCOC(=O)c1oc2ccccc2c1CN(C)CC(C)(C)O. The zero-order chi connectivity index (χ0) is 16.3. The molecule has 0 aliphatic carbocycles. The Hall–Kier alpha value is -1.85. The standard InChI is InChI=1S/C17H23NO4/c1-5-21-16(19)15-13(10-18(4)11-17(2,3)20)12-8-6-7-9-14(12)22-15/h6-9,20H,5,10-11H2,1-4H3. The van der Waals surface area contributed by atoms with Crippen LogP contribution in [0.1, 0.15) is 36.9 Å². The Balaban J connectivity index is 2.37. The van der Waals surface area contributed by atoms with Crippen LogP contribution in [0.25, 0.3) is 11.0 Å². The normalized spacial score (nSPS) is 12.1. The lowest BCUT2D eigenvalue weighted by Gasteiger charge is -2.25. The maximum absolute atomic E-state index is 12.1. The molecule has 0 aliphatic heterocycles. The van der Waals surface area contributed by atoms with Gasteiger partial charge in [-0.05, 0) is 33.9 Å². The summed E-state index contributed by atoms with van der Waals surface area (Å²) < 4.78 is 10.8. The summed E-state index contributed by atoms with van der Waals surface area (Å²) in [5.41, 5.74) is 0.649. The minimum absolute atomic E-state index is 0.241. The number of hydrogen-bond donors (Lipinski definition) is 1. The van der Waals surface area contributed by atoms with Crippen molar-refractivity contribution in [2.24, 2.45) is 0 Å². The molecule has 1 heterocycles. The van der Waals surface area contributed by atoms with Crippen LogP contribution in [0.15, 0.2) is 28.7 Å². The number of aliphatic hydroxyl groups is 1. The van der Waals surface area contributed by atoms with Gasteiger partial charge in [-0.1, -0.05) is 18.2 Å². The minimum atomic E-state index is -0.807. The number of rotatable bonds is 6. The quantitative estimate of drug-likeness (QED) is 0.831. The van der Waals surface area contributed by atoms with E-state index in [0.29, 0.717) is 25.3 Å². The van der Waals surface area contributed by atoms with Crippen LogP contribution in [0.3, 0.4) is 0 Å². The van der Waals surface area contributed by atoms with Crippen molar-refractivity contribution in [2.45, 2.75) is 32.9 Å². The fourth-order valence-electron chi connectivity index (χ4n) is 2.60. The summed E-state index contributed by atoms with van der Waals surface area (Å²) in [5, 5.41) is 10.8. The first-order chi connectivity index (χ1) is 10.3. The highest BCUT2D eigenvalue weighted by Crippen LogP contribution is 2.28. The van der Waals surface area contributed by atoms with Gasteiger partial charge in [0.25, 0.3) is 0 Å². The molecule has 22 heavy (non-hydrogen) atoms. The maximum Gasteiger partial charge on any atom is 0.374 e. The molecule has 1 aromatic carbocycles. The molecule has 1 aromatic heterocycles. The largest absolute Gasteiger partial charge is 0.460 e. The summed E-state index contributed by atoms with van der Waals surface area (Å²) >= 11 is 0. The number of ether oxygens (including phenoxy) is 1. The van der Waals surface area contributed by atoms with Gasteiger partial charge in [0.2, 0.25) is 5.76 Å². The van der Waals surface area contributed by atoms with E-state index in [4.69, 9.17) is 9.15 Å². The van der Waals surface area contributed by atoms with Crippen molar-refractivity contribution in [3.05, 3.63) is 35.6 Å². The smallest absolute Gasteiger partial charge is 0.374 e. The lowest BCUT2D eigenvalue weighted by Crippen LogP contribution is -2.36. The van der Waals surface area contributed by atoms with E-state index in [1.165, 1.54) is 0 Å². The van der Waals surface area contributed by atoms with Crippen molar-refractivity contribution in [2.75, 3.05) is 20.2 Å². The Morgan fingerprint density at radius 3 is 2.68 bits per heavy atom. The number of benzene rings is 1.